The number of piperidine rings is 1. The highest BCUT2D eigenvalue weighted by molar-refractivity contribution is 5.87. The molecule has 4 heterocycles. The number of nitrogens with zero attached hydrogens (tertiary/aromatic N) is 3. The van der Waals surface area contributed by atoms with Crippen LogP contribution in [0.3, 0.4) is 0 Å². The number of carboxylic acids is 2. The highest BCUT2D eigenvalue weighted by Gasteiger charge is 2.46. The van der Waals surface area contributed by atoms with E-state index in [2.05, 4.69) is 26.3 Å². The van der Waals surface area contributed by atoms with Crippen LogP contribution < -0.4 is 5.32 Å². The van der Waals surface area contributed by atoms with Gasteiger partial charge >= 0.3 is 24.3 Å². The fraction of sp³-hybridized carbons (Fsp3) is 0.435. The predicted octanol–water partition coefficient (Wildman–Crippen LogP) is 3.38. The van der Waals surface area contributed by atoms with Crippen LogP contribution in [0.2, 0.25) is 0 Å². The van der Waals surface area contributed by atoms with E-state index in [1.54, 1.807) is 12.4 Å². The first-order chi connectivity index (χ1) is 17.6. The van der Waals surface area contributed by atoms with E-state index in [0.717, 1.165) is 50.2 Å². The third-order valence-corrected chi connectivity index (χ3v) is 5.82. The number of pyridine rings is 2. The summed E-state index contributed by atoms with van der Waals surface area (Å²) in [5.74, 6) is -5.38. The van der Waals surface area contributed by atoms with Gasteiger partial charge in [0.05, 0.1) is 11.6 Å². The molecule has 2 aromatic rings. The largest absolute Gasteiger partial charge is 0.490 e. The van der Waals surface area contributed by atoms with E-state index in [-0.39, 0.29) is 17.4 Å². The first kappa shape index (κ1) is 30.5. The van der Waals surface area contributed by atoms with E-state index in [1.165, 1.54) is 0 Å². The van der Waals surface area contributed by atoms with Crippen LogP contribution in [-0.2, 0) is 20.9 Å². The van der Waals surface area contributed by atoms with Crippen molar-refractivity contribution < 1.29 is 50.9 Å². The standard InChI is InChI=1S/C19H22N4O.2C2HF3O2/c24-18-17(15-4-9-20-10-5-15)13-19(22-18)6-11-23(12-7-19)14-16-3-1-2-8-21-16;2*3-2(4,5)1(6)7/h1-5,8-10,17H,6-7,11-14H2,(H,22,24);2*(H,6,7). The van der Waals surface area contributed by atoms with E-state index in [4.69, 9.17) is 19.8 Å². The number of rotatable bonds is 3. The molecule has 2 aliphatic rings. The summed E-state index contributed by atoms with van der Waals surface area (Å²) in [5.41, 5.74) is 2.15. The van der Waals surface area contributed by atoms with Crippen molar-refractivity contribution in [1.82, 2.24) is 20.2 Å². The molecule has 2 aromatic heterocycles. The summed E-state index contributed by atoms with van der Waals surface area (Å²) in [6.45, 7) is 2.89. The van der Waals surface area contributed by atoms with Crippen LogP contribution in [0.1, 0.15) is 36.4 Å². The van der Waals surface area contributed by atoms with Crippen molar-refractivity contribution in [2.75, 3.05) is 13.1 Å². The van der Waals surface area contributed by atoms with Crippen molar-refractivity contribution in [3.63, 3.8) is 0 Å². The zero-order valence-corrected chi connectivity index (χ0v) is 19.7. The van der Waals surface area contributed by atoms with Crippen LogP contribution in [0.5, 0.6) is 0 Å². The summed E-state index contributed by atoms with van der Waals surface area (Å²) in [5, 5.41) is 17.6. The first-order valence-corrected chi connectivity index (χ1v) is 11.1. The van der Waals surface area contributed by atoms with Gasteiger partial charge in [0.1, 0.15) is 0 Å². The Morgan fingerprint density at radius 2 is 1.47 bits per heavy atom. The van der Waals surface area contributed by atoms with E-state index in [0.29, 0.717) is 0 Å². The Morgan fingerprint density at radius 3 is 1.92 bits per heavy atom. The lowest BCUT2D eigenvalue weighted by atomic mass is 9.82. The molecule has 0 bridgehead atoms. The Balaban J connectivity index is 0.000000301. The van der Waals surface area contributed by atoms with Crippen LogP contribution in [0, 0.1) is 0 Å². The van der Waals surface area contributed by atoms with Gasteiger partial charge in [-0.2, -0.15) is 26.3 Å². The molecule has 3 N–H and O–H groups in total. The topological polar surface area (TPSA) is 133 Å². The summed E-state index contributed by atoms with van der Waals surface area (Å²) in [6.07, 6.45) is -1.88. The molecule has 2 saturated heterocycles. The van der Waals surface area contributed by atoms with Gasteiger partial charge in [0.15, 0.2) is 0 Å². The number of aromatic nitrogens is 2. The van der Waals surface area contributed by atoms with Crippen molar-refractivity contribution in [1.29, 1.82) is 0 Å². The van der Waals surface area contributed by atoms with E-state index < -0.39 is 24.3 Å². The minimum Gasteiger partial charge on any atom is -0.475 e. The third-order valence-electron chi connectivity index (χ3n) is 5.82. The summed E-state index contributed by atoms with van der Waals surface area (Å²) >= 11 is 0. The molecule has 9 nitrogen and oxygen atoms in total. The number of carbonyl (C=O) groups excluding carboxylic acids is 1. The molecule has 1 unspecified atom stereocenters. The second-order valence-corrected chi connectivity index (χ2v) is 8.51. The molecule has 2 fully saturated rings. The second kappa shape index (κ2) is 12.7. The Bertz CT molecular complexity index is 1050. The zero-order chi connectivity index (χ0) is 28.6. The Kier molecular flexibility index (Phi) is 10.2. The maximum Gasteiger partial charge on any atom is 0.490 e. The number of halogens is 6. The molecule has 0 aromatic carbocycles. The van der Waals surface area contributed by atoms with Crippen LogP contribution in [-0.4, -0.2) is 73.9 Å². The molecule has 1 spiro atoms. The van der Waals surface area contributed by atoms with Crippen LogP contribution >= 0.6 is 0 Å². The predicted molar refractivity (Wildman–Crippen MR) is 119 cm³/mol. The third kappa shape index (κ3) is 9.28. The number of amides is 1. The molecule has 1 amide bonds. The number of nitrogens with one attached hydrogen (secondary N) is 1. The summed E-state index contributed by atoms with van der Waals surface area (Å²) in [7, 11) is 0. The minimum absolute atomic E-state index is 0.0321. The maximum atomic E-state index is 12.5. The monoisotopic (exact) mass is 550 g/mol. The lowest BCUT2D eigenvalue weighted by molar-refractivity contribution is -0.193. The molecule has 0 aliphatic carbocycles. The van der Waals surface area contributed by atoms with Crippen molar-refractivity contribution in [3.05, 3.63) is 60.2 Å². The van der Waals surface area contributed by atoms with Gasteiger partial charge < -0.3 is 15.5 Å². The van der Waals surface area contributed by atoms with E-state index in [1.807, 2.05) is 30.5 Å². The zero-order valence-electron chi connectivity index (χ0n) is 19.7. The molecular formula is C23H24F6N4O5. The maximum absolute atomic E-state index is 12.5. The van der Waals surface area contributed by atoms with Gasteiger partial charge in [-0.1, -0.05) is 6.07 Å². The van der Waals surface area contributed by atoms with Gasteiger partial charge in [0, 0.05) is 43.8 Å². The quantitative estimate of drug-likeness (QED) is 0.496. The van der Waals surface area contributed by atoms with Gasteiger partial charge in [-0.05, 0) is 49.1 Å². The van der Waals surface area contributed by atoms with Gasteiger partial charge in [-0.25, -0.2) is 9.59 Å². The molecule has 15 heteroatoms. The Labute approximate surface area is 212 Å². The molecular weight excluding hydrogens is 526 g/mol. The fourth-order valence-corrected chi connectivity index (χ4v) is 3.94. The smallest absolute Gasteiger partial charge is 0.475 e. The molecule has 0 radical (unpaired) electrons. The van der Waals surface area contributed by atoms with Gasteiger partial charge in [-0.3, -0.25) is 19.7 Å². The van der Waals surface area contributed by atoms with Gasteiger partial charge in [0.25, 0.3) is 0 Å². The van der Waals surface area contributed by atoms with Crippen molar-refractivity contribution in [3.8, 4) is 0 Å². The lowest BCUT2D eigenvalue weighted by Crippen LogP contribution is -2.50. The van der Waals surface area contributed by atoms with Gasteiger partial charge in [0.2, 0.25) is 5.91 Å². The average molecular weight is 550 g/mol. The Morgan fingerprint density at radius 1 is 0.947 bits per heavy atom. The molecule has 208 valence electrons. The number of carbonyl (C=O) groups is 3. The van der Waals surface area contributed by atoms with Crippen molar-refractivity contribution >= 4 is 17.8 Å². The van der Waals surface area contributed by atoms with E-state index in [9.17, 15) is 31.1 Å². The molecule has 1 atom stereocenters. The van der Waals surface area contributed by atoms with Crippen LogP contribution in [0.15, 0.2) is 48.9 Å². The second-order valence-electron chi connectivity index (χ2n) is 8.51. The number of likely N-dealkylation sites (tertiary alicyclic amines) is 1. The summed E-state index contributed by atoms with van der Waals surface area (Å²) < 4.78 is 63.5. The normalized spacial score (nSPS) is 18.9. The fourth-order valence-electron chi connectivity index (χ4n) is 3.94. The molecule has 4 rings (SSSR count). The first-order valence-electron chi connectivity index (χ1n) is 11.1. The molecule has 2 aliphatic heterocycles. The van der Waals surface area contributed by atoms with Gasteiger partial charge in [-0.15, -0.1) is 0 Å². The average Bonchev–Trinajstić information content (AvgIpc) is 3.17. The van der Waals surface area contributed by atoms with Crippen LogP contribution in [0.4, 0.5) is 26.3 Å². The minimum atomic E-state index is -5.08. The molecule has 38 heavy (non-hydrogen) atoms. The highest BCUT2D eigenvalue weighted by Crippen LogP contribution is 2.39. The SMILES string of the molecule is O=C(O)C(F)(F)F.O=C(O)C(F)(F)F.O=C1NC2(CCN(Cc3ccccn3)CC2)CC1c1ccncc1. The number of alkyl halides is 6. The van der Waals surface area contributed by atoms with Crippen LogP contribution in [0.25, 0.3) is 0 Å². The number of aliphatic carboxylic acids is 2. The van der Waals surface area contributed by atoms with Crippen molar-refractivity contribution in [2.24, 2.45) is 0 Å². The number of hydrogen-bond donors (Lipinski definition) is 3. The summed E-state index contributed by atoms with van der Waals surface area (Å²) in [4.78, 5) is 41.1. The summed E-state index contributed by atoms with van der Waals surface area (Å²) in [6, 6.07) is 9.96. The number of carboxylic acid groups (broad SMARTS) is 2. The van der Waals surface area contributed by atoms with E-state index >= 15 is 0 Å². The Hall–Kier alpha value is -3.75. The highest BCUT2D eigenvalue weighted by atomic mass is 19.4. The number of hydrogen-bond acceptors (Lipinski definition) is 6. The molecule has 0 saturated carbocycles. The van der Waals surface area contributed by atoms with Crippen molar-refractivity contribution in [2.45, 2.75) is 49.6 Å². The lowest BCUT2D eigenvalue weighted by Gasteiger charge is -2.39.